The lowest BCUT2D eigenvalue weighted by molar-refractivity contribution is -0.385. The lowest BCUT2D eigenvalue weighted by Crippen LogP contribution is -2.61. The van der Waals surface area contributed by atoms with E-state index in [0.29, 0.717) is 16.0 Å². The fourth-order valence-electron chi connectivity index (χ4n) is 6.78. The number of aliphatic carboxylic acids is 1. The van der Waals surface area contributed by atoms with Gasteiger partial charge in [0.15, 0.2) is 0 Å². The number of amides is 4. The molecule has 0 radical (unpaired) electrons. The molecule has 3 aliphatic rings. The average Bonchev–Trinajstić information content (AvgIpc) is 3.67. The van der Waals surface area contributed by atoms with Crippen molar-refractivity contribution in [3.05, 3.63) is 90.5 Å². The minimum absolute atomic E-state index is 0.0170. The molecule has 2 saturated heterocycles. The average molecular weight is 757 g/mol. The number of likely N-dealkylation sites (tertiary alicyclic amines) is 1. The maximum Gasteiger partial charge on any atom is 0.410 e. The molecule has 0 saturated carbocycles. The van der Waals surface area contributed by atoms with Gasteiger partial charge in [-0.15, -0.1) is 11.8 Å². The van der Waals surface area contributed by atoms with E-state index in [0.717, 1.165) is 0 Å². The normalized spacial score (nSPS) is 21.7. The highest BCUT2D eigenvalue weighted by molar-refractivity contribution is 8.03. The second-order valence-electron chi connectivity index (χ2n) is 12.8. The van der Waals surface area contributed by atoms with Crippen molar-refractivity contribution in [2.24, 2.45) is 17.6 Å². The van der Waals surface area contributed by atoms with Crippen LogP contribution in [0.15, 0.2) is 59.1 Å². The number of β-lactam (4-membered cyclic amide) rings is 1. The standard InChI is InChI=1S/C33H36N6O13S/c1-17(40)28-25-12-26(29(31(43)44)37(25)30(28)42)53-23-11-24(36(14-23)33(46)52-16-19-4-8-22(9-5-19)39(49)50)20(10-27(34)41)13-35-32(45)51-15-18-2-6-21(7-3-18)38(47)48/h2-9,17,20,23-25,28,40H,10-16H2,1H3,(H2,34,41)(H,35,45)(H,43,44)/t17-,20?,23+,24+,25-,28-/m1/s1. The Balaban J connectivity index is 1.32. The van der Waals surface area contributed by atoms with Crippen LogP contribution in [0.3, 0.4) is 0 Å². The maximum atomic E-state index is 13.6. The SMILES string of the molecule is C[C@@H](O)[C@H]1C(=O)N2C(C(=O)O)=C(S[C@H]3C[C@@H](C(CNC(=O)OCc4ccc([N+](=O)[O-])cc4)CC(N)=O)N(C(=O)OCc4ccc([N+](=O)[O-])cc4)C3)C[C@H]12. The number of nitrogens with two attached hydrogens (primary N) is 1. The molecule has 53 heavy (non-hydrogen) atoms. The van der Waals surface area contributed by atoms with Crippen molar-refractivity contribution in [3.8, 4) is 0 Å². The Hall–Kier alpha value is -5.76. The minimum atomic E-state index is -1.32. The van der Waals surface area contributed by atoms with Crippen LogP contribution in [0.1, 0.15) is 37.3 Å². The summed E-state index contributed by atoms with van der Waals surface area (Å²) in [6.45, 7) is 0.832. The molecule has 0 bridgehead atoms. The molecule has 3 aliphatic heterocycles. The van der Waals surface area contributed by atoms with E-state index in [4.69, 9.17) is 15.2 Å². The number of fused-ring (bicyclic) bond motifs is 1. The number of ether oxygens (including phenoxy) is 2. The number of aliphatic hydroxyl groups excluding tert-OH is 1. The number of hydrogen-bond donors (Lipinski definition) is 4. The van der Waals surface area contributed by atoms with Gasteiger partial charge in [-0.25, -0.2) is 14.4 Å². The zero-order valence-corrected chi connectivity index (χ0v) is 29.0. The molecular weight excluding hydrogens is 720 g/mol. The fraction of sp³-hybridized carbons (Fsp3) is 0.424. The molecule has 5 rings (SSSR count). The van der Waals surface area contributed by atoms with Crippen molar-refractivity contribution >= 4 is 53.1 Å². The van der Waals surface area contributed by atoms with Crippen molar-refractivity contribution < 1.29 is 53.5 Å². The van der Waals surface area contributed by atoms with Crippen molar-refractivity contribution in [1.82, 2.24) is 15.1 Å². The first-order valence-electron chi connectivity index (χ1n) is 16.4. The van der Waals surface area contributed by atoms with E-state index >= 15 is 0 Å². The number of alkyl carbamates (subject to hydrolysis) is 1. The van der Waals surface area contributed by atoms with Gasteiger partial charge in [-0.05, 0) is 48.7 Å². The first-order chi connectivity index (χ1) is 25.1. The summed E-state index contributed by atoms with van der Waals surface area (Å²) in [7, 11) is 0. The molecule has 4 amide bonds. The summed E-state index contributed by atoms with van der Waals surface area (Å²) >= 11 is 1.17. The van der Waals surface area contributed by atoms with Gasteiger partial charge in [0, 0.05) is 72.3 Å². The number of nitrogens with zero attached hydrogens (tertiary/aromatic N) is 4. The predicted molar refractivity (Wildman–Crippen MR) is 183 cm³/mol. The molecule has 0 aromatic heterocycles. The van der Waals surface area contributed by atoms with Gasteiger partial charge in [-0.2, -0.15) is 0 Å². The van der Waals surface area contributed by atoms with Crippen LogP contribution in [-0.4, -0.2) is 96.4 Å². The Morgan fingerprint density at radius 2 is 1.57 bits per heavy atom. The molecule has 2 aromatic carbocycles. The number of rotatable bonds is 15. The summed E-state index contributed by atoms with van der Waals surface area (Å²) in [4.78, 5) is 87.3. The molecule has 6 atom stereocenters. The van der Waals surface area contributed by atoms with Crippen LogP contribution in [0.2, 0.25) is 0 Å². The third-order valence-corrected chi connectivity index (χ3v) is 10.6. The van der Waals surface area contributed by atoms with Gasteiger partial charge in [0.05, 0.1) is 27.9 Å². The van der Waals surface area contributed by atoms with Gasteiger partial charge in [0.1, 0.15) is 18.9 Å². The predicted octanol–water partition coefficient (Wildman–Crippen LogP) is 2.64. The van der Waals surface area contributed by atoms with Crippen molar-refractivity contribution in [3.63, 3.8) is 0 Å². The topological polar surface area (TPSA) is 275 Å². The molecule has 19 nitrogen and oxygen atoms in total. The smallest absolute Gasteiger partial charge is 0.410 e. The van der Waals surface area contributed by atoms with E-state index in [1.807, 2.05) is 0 Å². The quantitative estimate of drug-likeness (QED) is 0.116. The second kappa shape index (κ2) is 16.3. The summed E-state index contributed by atoms with van der Waals surface area (Å²) < 4.78 is 10.8. The molecule has 3 heterocycles. The number of nitro benzene ring substituents is 2. The number of aliphatic hydroxyl groups is 1. The Morgan fingerprint density at radius 3 is 2.08 bits per heavy atom. The first kappa shape index (κ1) is 38.5. The molecular formula is C33H36N6O13S. The summed E-state index contributed by atoms with van der Waals surface area (Å²) in [5.74, 6) is -4.06. The molecule has 2 fully saturated rings. The number of hydrogen-bond acceptors (Lipinski definition) is 13. The molecule has 5 N–H and O–H groups in total. The third kappa shape index (κ3) is 8.83. The highest BCUT2D eigenvalue weighted by Gasteiger charge is 2.57. The van der Waals surface area contributed by atoms with Gasteiger partial charge in [-0.1, -0.05) is 0 Å². The lowest BCUT2D eigenvalue weighted by Gasteiger charge is -2.44. The maximum absolute atomic E-state index is 13.6. The molecule has 282 valence electrons. The van der Waals surface area contributed by atoms with Crippen LogP contribution in [0.4, 0.5) is 21.0 Å². The fourth-order valence-corrected chi connectivity index (χ4v) is 8.27. The lowest BCUT2D eigenvalue weighted by atomic mass is 9.83. The number of carboxylic acid groups (broad SMARTS) is 1. The molecule has 1 unspecified atom stereocenters. The van der Waals surface area contributed by atoms with Crippen LogP contribution in [0.5, 0.6) is 0 Å². The number of non-ortho nitro benzene ring substituents is 2. The number of nitrogens with one attached hydrogen (secondary N) is 1. The number of carbonyl (C=O) groups excluding carboxylic acids is 4. The van der Waals surface area contributed by atoms with Crippen LogP contribution in [-0.2, 0) is 37.1 Å². The highest BCUT2D eigenvalue weighted by atomic mass is 32.2. The summed E-state index contributed by atoms with van der Waals surface area (Å²) in [5.41, 5.74) is 6.04. The summed E-state index contributed by atoms with van der Waals surface area (Å²) in [6, 6.07) is 9.46. The molecule has 2 aromatic rings. The number of carbonyl (C=O) groups is 5. The van der Waals surface area contributed by atoms with Gasteiger partial charge < -0.3 is 40.5 Å². The first-order valence-corrected chi connectivity index (χ1v) is 17.3. The highest BCUT2D eigenvalue weighted by Crippen LogP contribution is 2.49. The van der Waals surface area contributed by atoms with E-state index in [-0.39, 0.29) is 62.6 Å². The zero-order valence-electron chi connectivity index (χ0n) is 28.2. The Kier molecular flexibility index (Phi) is 11.8. The Morgan fingerprint density at radius 1 is 1.00 bits per heavy atom. The van der Waals surface area contributed by atoms with E-state index in [1.54, 1.807) is 0 Å². The van der Waals surface area contributed by atoms with Gasteiger partial charge in [0.25, 0.3) is 11.4 Å². The Bertz CT molecular complexity index is 1820. The zero-order chi connectivity index (χ0) is 38.6. The van der Waals surface area contributed by atoms with Gasteiger partial charge in [0.2, 0.25) is 11.8 Å². The third-order valence-electron chi connectivity index (χ3n) is 9.28. The number of primary amides is 1. The number of carboxylic acids is 1. The van der Waals surface area contributed by atoms with E-state index in [9.17, 15) is 54.4 Å². The Labute approximate surface area is 305 Å². The monoisotopic (exact) mass is 756 g/mol. The number of nitro groups is 2. The summed E-state index contributed by atoms with van der Waals surface area (Å²) in [6.07, 6.45) is -2.56. The minimum Gasteiger partial charge on any atom is -0.477 e. The van der Waals surface area contributed by atoms with Crippen LogP contribution in [0, 0.1) is 32.1 Å². The number of thioether (sulfide) groups is 1. The van der Waals surface area contributed by atoms with Gasteiger partial charge >= 0.3 is 18.2 Å². The molecule has 0 aliphatic carbocycles. The van der Waals surface area contributed by atoms with Crippen LogP contribution >= 0.6 is 11.8 Å². The van der Waals surface area contributed by atoms with Crippen LogP contribution in [0.25, 0.3) is 0 Å². The molecule has 0 spiro atoms. The van der Waals surface area contributed by atoms with Crippen molar-refractivity contribution in [2.45, 2.75) is 62.8 Å². The van der Waals surface area contributed by atoms with Crippen LogP contribution < -0.4 is 11.1 Å². The van der Waals surface area contributed by atoms with E-state index in [1.165, 1.54) is 77.0 Å². The van der Waals surface area contributed by atoms with Crippen molar-refractivity contribution in [1.29, 1.82) is 0 Å². The van der Waals surface area contributed by atoms with Crippen molar-refractivity contribution in [2.75, 3.05) is 13.1 Å². The second-order valence-corrected chi connectivity index (χ2v) is 14.2. The largest absolute Gasteiger partial charge is 0.477 e. The molecule has 20 heteroatoms. The van der Waals surface area contributed by atoms with E-state index in [2.05, 4.69) is 5.32 Å². The van der Waals surface area contributed by atoms with E-state index < -0.39 is 75.1 Å². The number of benzene rings is 2. The summed E-state index contributed by atoms with van der Waals surface area (Å²) in [5, 5.41) is 44.2. The van der Waals surface area contributed by atoms with Gasteiger partial charge in [-0.3, -0.25) is 29.8 Å².